The van der Waals surface area contributed by atoms with E-state index in [9.17, 15) is 5.11 Å². The summed E-state index contributed by atoms with van der Waals surface area (Å²) in [5.74, 6) is 1.28. The molecule has 124 valence electrons. The Kier molecular flexibility index (Phi) is 3.88. The summed E-state index contributed by atoms with van der Waals surface area (Å²) in [6.07, 6.45) is 0. The molecule has 0 atom stereocenters. The second kappa shape index (κ2) is 6.34. The zero-order valence-electron chi connectivity index (χ0n) is 13.5. The van der Waals surface area contributed by atoms with Crippen molar-refractivity contribution >= 4 is 22.5 Å². The molecule has 3 heterocycles. The number of phenolic OH excluding ortho intramolecular Hbond substituents is 1. The lowest BCUT2D eigenvalue weighted by molar-refractivity contribution is 0.478. The minimum atomic E-state index is 0.120. The highest BCUT2D eigenvalue weighted by Crippen LogP contribution is 2.32. The van der Waals surface area contributed by atoms with Gasteiger partial charge in [0.05, 0.1) is 5.69 Å². The Balaban J connectivity index is 1.70. The zero-order valence-corrected chi connectivity index (χ0v) is 13.5. The van der Waals surface area contributed by atoms with Crippen LogP contribution in [0.2, 0.25) is 0 Å². The fourth-order valence-corrected chi connectivity index (χ4v) is 2.95. The number of nitrogens with one attached hydrogen (secondary N) is 1. The molecule has 0 saturated carbocycles. The fraction of sp³-hybridized carbons (Fsp3) is 0.222. The summed E-state index contributed by atoms with van der Waals surface area (Å²) in [5.41, 5.74) is 1.78. The zero-order chi connectivity index (χ0) is 17.2. The highest BCUT2D eigenvalue weighted by atomic mass is 16.3. The number of piperazine rings is 1. The van der Waals surface area contributed by atoms with Gasteiger partial charge in [0, 0.05) is 43.2 Å². The number of phenols is 1. The molecule has 1 aromatic carbocycles. The Bertz CT molecular complexity index is 958. The minimum Gasteiger partial charge on any atom is -0.507 e. The fourth-order valence-electron chi connectivity index (χ4n) is 2.95. The molecule has 25 heavy (non-hydrogen) atoms. The third kappa shape index (κ3) is 2.95. The van der Waals surface area contributed by atoms with Crippen LogP contribution in [0.1, 0.15) is 0 Å². The van der Waals surface area contributed by atoms with E-state index in [0.717, 1.165) is 37.4 Å². The molecular weight excluding hydrogens is 316 g/mol. The number of benzene rings is 1. The molecule has 1 fully saturated rings. The van der Waals surface area contributed by atoms with Crippen molar-refractivity contribution in [2.45, 2.75) is 0 Å². The third-order valence-electron chi connectivity index (χ3n) is 4.27. The Labute approximate surface area is 144 Å². The van der Waals surface area contributed by atoms with Gasteiger partial charge in [-0.3, -0.25) is 0 Å². The number of anilines is 1. The normalized spacial score (nSPS) is 14.4. The second-order valence-electron chi connectivity index (χ2n) is 5.86. The summed E-state index contributed by atoms with van der Waals surface area (Å²) in [6.45, 7) is 10.8. The van der Waals surface area contributed by atoms with Gasteiger partial charge in [-0.1, -0.05) is 12.6 Å². The van der Waals surface area contributed by atoms with Crippen molar-refractivity contribution in [2.24, 2.45) is 0 Å². The largest absolute Gasteiger partial charge is 0.507 e. The number of pyridine rings is 1. The van der Waals surface area contributed by atoms with Crippen molar-refractivity contribution in [3.05, 3.63) is 47.8 Å². The Morgan fingerprint density at radius 1 is 1.08 bits per heavy atom. The van der Waals surface area contributed by atoms with Gasteiger partial charge in [0.25, 0.3) is 5.82 Å². The van der Waals surface area contributed by atoms with E-state index in [0.29, 0.717) is 22.6 Å². The summed E-state index contributed by atoms with van der Waals surface area (Å²) in [5, 5.41) is 23.0. The van der Waals surface area contributed by atoms with Crippen LogP contribution in [-0.4, -0.2) is 46.5 Å². The van der Waals surface area contributed by atoms with Crippen molar-refractivity contribution < 1.29 is 5.11 Å². The van der Waals surface area contributed by atoms with Gasteiger partial charge in [-0.2, -0.15) is 0 Å². The van der Waals surface area contributed by atoms with Crippen molar-refractivity contribution in [3.8, 4) is 17.0 Å². The molecule has 1 aliphatic rings. The molecule has 0 spiro atoms. The maximum Gasteiger partial charge on any atom is 0.270 e. The van der Waals surface area contributed by atoms with E-state index in [1.165, 1.54) is 0 Å². The predicted molar refractivity (Wildman–Crippen MR) is 95.8 cm³/mol. The number of aromatic hydroxyl groups is 1. The van der Waals surface area contributed by atoms with E-state index < -0.39 is 0 Å². The van der Waals surface area contributed by atoms with E-state index in [1.807, 2.05) is 12.1 Å². The van der Waals surface area contributed by atoms with Gasteiger partial charge < -0.3 is 20.2 Å². The third-order valence-corrected chi connectivity index (χ3v) is 4.27. The highest BCUT2D eigenvalue weighted by Gasteiger charge is 2.15. The molecule has 0 unspecified atom stereocenters. The maximum atomic E-state index is 10.3. The van der Waals surface area contributed by atoms with Crippen LogP contribution in [0.3, 0.4) is 0 Å². The molecule has 3 aromatic rings. The molecule has 7 heteroatoms. The first-order chi connectivity index (χ1) is 12.2. The van der Waals surface area contributed by atoms with Gasteiger partial charge >= 0.3 is 0 Å². The molecule has 0 aliphatic carbocycles. The number of rotatable bonds is 2. The Morgan fingerprint density at radius 2 is 1.92 bits per heavy atom. The molecule has 2 N–H and O–H groups in total. The molecule has 0 radical (unpaired) electrons. The average Bonchev–Trinajstić information content (AvgIpc) is 2.68. The number of hydrogen-bond donors (Lipinski definition) is 2. The minimum absolute atomic E-state index is 0.120. The lowest BCUT2D eigenvalue weighted by Crippen LogP contribution is -2.43. The number of hydrogen-bond acceptors (Lipinski definition) is 6. The van der Waals surface area contributed by atoms with E-state index in [1.54, 1.807) is 24.3 Å². The monoisotopic (exact) mass is 332 g/mol. The Morgan fingerprint density at radius 3 is 2.64 bits per heavy atom. The molecular formula is C18H16N6O. The summed E-state index contributed by atoms with van der Waals surface area (Å²) in [4.78, 5) is 9.81. The van der Waals surface area contributed by atoms with Gasteiger partial charge in [0.2, 0.25) is 0 Å². The summed E-state index contributed by atoms with van der Waals surface area (Å²) in [7, 11) is 0. The first kappa shape index (κ1) is 15.3. The van der Waals surface area contributed by atoms with Crippen molar-refractivity contribution in [1.29, 1.82) is 0 Å². The van der Waals surface area contributed by atoms with Gasteiger partial charge in [-0.05, 0) is 24.3 Å². The quantitative estimate of drug-likeness (QED) is 0.702. The van der Waals surface area contributed by atoms with Crippen LogP contribution in [0.25, 0.3) is 27.0 Å². The lowest BCUT2D eigenvalue weighted by atomic mass is 10.1. The van der Waals surface area contributed by atoms with E-state index in [2.05, 4.69) is 30.2 Å². The maximum absolute atomic E-state index is 10.3. The van der Waals surface area contributed by atoms with Gasteiger partial charge in [0.15, 0.2) is 11.3 Å². The molecule has 2 aromatic heterocycles. The van der Waals surface area contributed by atoms with Crippen molar-refractivity contribution in [3.63, 3.8) is 0 Å². The topological polar surface area (TPSA) is 78.5 Å². The molecule has 0 amide bonds. The van der Waals surface area contributed by atoms with Gasteiger partial charge in [-0.25, -0.2) is 0 Å². The van der Waals surface area contributed by atoms with E-state index in [-0.39, 0.29) is 5.75 Å². The molecule has 1 saturated heterocycles. The smallest absolute Gasteiger partial charge is 0.270 e. The molecule has 1 aliphatic heterocycles. The lowest BCUT2D eigenvalue weighted by Gasteiger charge is -2.27. The highest BCUT2D eigenvalue weighted by molar-refractivity contribution is 5.88. The van der Waals surface area contributed by atoms with Crippen LogP contribution in [0.4, 0.5) is 11.6 Å². The molecule has 4 rings (SSSR count). The van der Waals surface area contributed by atoms with Crippen LogP contribution in [-0.2, 0) is 0 Å². The number of aromatic nitrogens is 3. The average molecular weight is 332 g/mol. The standard InChI is InChI=1S/C18H16N6O/c1-19-17-4-2-12-10-16(25)13(11-15(12)21-17)14-3-5-18(23-22-14)24-8-6-20-7-9-24/h2-5,10-11,20,25H,6-9H2. The van der Waals surface area contributed by atoms with Crippen molar-refractivity contribution in [2.75, 3.05) is 31.1 Å². The SMILES string of the molecule is [C-]#[N+]c1ccc2cc(O)c(-c3ccc(N4CCNCC4)nn3)cc2n1. The van der Waals surface area contributed by atoms with Crippen LogP contribution in [0, 0.1) is 6.57 Å². The summed E-state index contributed by atoms with van der Waals surface area (Å²) < 4.78 is 0. The molecule has 0 bridgehead atoms. The van der Waals surface area contributed by atoms with Crippen LogP contribution >= 0.6 is 0 Å². The van der Waals surface area contributed by atoms with E-state index in [4.69, 9.17) is 6.57 Å². The first-order valence-corrected chi connectivity index (χ1v) is 8.05. The second-order valence-corrected chi connectivity index (χ2v) is 5.86. The van der Waals surface area contributed by atoms with E-state index >= 15 is 0 Å². The summed E-state index contributed by atoms with van der Waals surface area (Å²) in [6, 6.07) is 10.6. The van der Waals surface area contributed by atoms with Gasteiger partial charge in [-0.15, -0.1) is 15.2 Å². The number of nitrogens with zero attached hydrogens (tertiary/aromatic N) is 5. The van der Waals surface area contributed by atoms with Gasteiger partial charge in [0.1, 0.15) is 5.75 Å². The van der Waals surface area contributed by atoms with Crippen LogP contribution in [0.5, 0.6) is 5.75 Å². The summed E-state index contributed by atoms with van der Waals surface area (Å²) >= 11 is 0. The van der Waals surface area contributed by atoms with Crippen LogP contribution < -0.4 is 10.2 Å². The predicted octanol–water partition coefficient (Wildman–Crippen LogP) is 2.36. The number of fused-ring (bicyclic) bond motifs is 1. The van der Waals surface area contributed by atoms with Crippen molar-refractivity contribution in [1.82, 2.24) is 20.5 Å². The molecule has 7 nitrogen and oxygen atoms in total. The first-order valence-electron chi connectivity index (χ1n) is 8.05. The Hall–Kier alpha value is -3.24. The van der Waals surface area contributed by atoms with Crippen LogP contribution in [0.15, 0.2) is 36.4 Å².